The van der Waals surface area contributed by atoms with Gasteiger partial charge < -0.3 is 9.47 Å². The van der Waals surface area contributed by atoms with Crippen LogP contribution in [-0.4, -0.2) is 12.8 Å². The van der Waals surface area contributed by atoms with E-state index >= 15 is 0 Å². The summed E-state index contributed by atoms with van der Waals surface area (Å²) in [5.74, 6) is 2.77. The molecule has 0 spiro atoms. The first-order valence-corrected chi connectivity index (χ1v) is 6.45. The Hall–Kier alpha value is -2.61. The highest BCUT2D eigenvalue weighted by molar-refractivity contribution is 5.49. The molecule has 0 unspecified atom stereocenters. The van der Waals surface area contributed by atoms with Gasteiger partial charge in [0.25, 0.3) is 0 Å². The summed E-state index contributed by atoms with van der Waals surface area (Å²) < 4.78 is 46.7. The predicted octanol–water partition coefficient (Wildman–Crippen LogP) is 4.19. The summed E-state index contributed by atoms with van der Waals surface area (Å²) in [5.41, 5.74) is 1.19. The van der Waals surface area contributed by atoms with Crippen molar-refractivity contribution < 1.29 is 22.6 Å². The lowest BCUT2D eigenvalue weighted by Gasteiger charge is -2.12. The molecule has 2 aromatic rings. The summed E-state index contributed by atoms with van der Waals surface area (Å²) in [6.45, 7) is -1.04. The van der Waals surface area contributed by atoms with Crippen molar-refractivity contribution in [3.63, 3.8) is 0 Å². The molecule has 0 aliphatic heterocycles. The van der Waals surface area contributed by atoms with Gasteiger partial charge in [0, 0.05) is 0 Å². The lowest BCUT2D eigenvalue weighted by molar-refractivity contribution is -0.153. The SMILES string of the molecule is C#Cc1cc(OCc2ccccc2)ccc1OCC(F)(F)F. The molecule has 2 rings (SSSR count). The second-order valence-electron chi connectivity index (χ2n) is 4.48. The van der Waals surface area contributed by atoms with Crippen molar-refractivity contribution in [3.8, 4) is 23.8 Å². The zero-order chi connectivity index (χ0) is 16.0. The van der Waals surface area contributed by atoms with Crippen molar-refractivity contribution in [1.29, 1.82) is 0 Å². The van der Waals surface area contributed by atoms with Gasteiger partial charge in [0.2, 0.25) is 0 Å². The number of benzene rings is 2. The van der Waals surface area contributed by atoms with Gasteiger partial charge in [-0.25, -0.2) is 0 Å². The lowest BCUT2D eigenvalue weighted by atomic mass is 10.2. The highest BCUT2D eigenvalue weighted by Gasteiger charge is 2.28. The number of terminal acetylenes is 1. The van der Waals surface area contributed by atoms with Crippen LogP contribution in [0, 0.1) is 12.3 Å². The van der Waals surface area contributed by atoms with Crippen LogP contribution >= 0.6 is 0 Å². The van der Waals surface area contributed by atoms with Gasteiger partial charge in [-0.3, -0.25) is 0 Å². The van der Waals surface area contributed by atoms with Gasteiger partial charge in [-0.05, 0) is 23.8 Å². The van der Waals surface area contributed by atoms with Crippen LogP contribution in [0.4, 0.5) is 13.2 Å². The minimum absolute atomic E-state index is 0.00638. The molecule has 0 aliphatic carbocycles. The minimum atomic E-state index is -4.41. The van der Waals surface area contributed by atoms with Crippen molar-refractivity contribution in [2.75, 3.05) is 6.61 Å². The third-order valence-corrected chi connectivity index (χ3v) is 2.75. The van der Waals surface area contributed by atoms with Crippen molar-refractivity contribution in [1.82, 2.24) is 0 Å². The molecule has 0 bridgehead atoms. The van der Waals surface area contributed by atoms with Crippen LogP contribution < -0.4 is 9.47 Å². The molecule has 0 saturated carbocycles. The predicted molar refractivity (Wildman–Crippen MR) is 76.7 cm³/mol. The van der Waals surface area contributed by atoms with E-state index in [0.29, 0.717) is 12.4 Å². The van der Waals surface area contributed by atoms with Crippen molar-refractivity contribution >= 4 is 0 Å². The quantitative estimate of drug-likeness (QED) is 0.771. The molecule has 0 atom stereocenters. The normalized spacial score (nSPS) is 10.8. The zero-order valence-electron chi connectivity index (χ0n) is 11.6. The third kappa shape index (κ3) is 4.74. The van der Waals surface area contributed by atoms with Gasteiger partial charge in [0.1, 0.15) is 18.1 Å². The van der Waals surface area contributed by atoms with E-state index in [1.54, 1.807) is 0 Å². The monoisotopic (exact) mass is 306 g/mol. The molecule has 0 aromatic heterocycles. The van der Waals surface area contributed by atoms with Crippen LogP contribution in [0.5, 0.6) is 11.5 Å². The maximum atomic E-state index is 12.2. The fourth-order valence-electron chi connectivity index (χ4n) is 1.74. The molecule has 0 aliphatic rings. The zero-order valence-corrected chi connectivity index (χ0v) is 11.6. The molecular weight excluding hydrogens is 293 g/mol. The van der Waals surface area contributed by atoms with E-state index < -0.39 is 12.8 Å². The summed E-state index contributed by atoms with van der Waals surface area (Å²) in [6.07, 6.45) is 0.891. The smallest absolute Gasteiger partial charge is 0.422 e. The van der Waals surface area contributed by atoms with E-state index in [1.807, 2.05) is 30.3 Å². The van der Waals surface area contributed by atoms with Crippen molar-refractivity contribution in [3.05, 3.63) is 59.7 Å². The third-order valence-electron chi connectivity index (χ3n) is 2.75. The molecule has 2 nitrogen and oxygen atoms in total. The summed E-state index contributed by atoms with van der Waals surface area (Å²) in [7, 11) is 0. The van der Waals surface area contributed by atoms with Crippen molar-refractivity contribution in [2.45, 2.75) is 12.8 Å². The molecule has 0 radical (unpaired) electrons. The topological polar surface area (TPSA) is 18.5 Å². The van der Waals surface area contributed by atoms with Crippen LogP contribution in [0.15, 0.2) is 48.5 Å². The Bertz CT molecular complexity index is 658. The number of rotatable bonds is 5. The lowest BCUT2D eigenvalue weighted by Crippen LogP contribution is -2.19. The molecule has 2 aromatic carbocycles. The van der Waals surface area contributed by atoms with Crippen LogP contribution in [0.1, 0.15) is 11.1 Å². The molecule has 5 heteroatoms. The first-order chi connectivity index (χ1) is 10.5. The first-order valence-electron chi connectivity index (χ1n) is 6.45. The summed E-state index contributed by atoms with van der Waals surface area (Å²) in [5, 5.41) is 0. The largest absolute Gasteiger partial charge is 0.489 e. The standard InChI is InChI=1S/C17H13F3O2/c1-2-14-10-15(21-11-13-6-4-3-5-7-13)8-9-16(14)22-12-17(18,19)20/h1,3-10H,11-12H2. The highest BCUT2D eigenvalue weighted by atomic mass is 19.4. The number of hydrogen-bond acceptors (Lipinski definition) is 2. The average molecular weight is 306 g/mol. The van der Waals surface area contributed by atoms with Gasteiger partial charge >= 0.3 is 6.18 Å². The fraction of sp³-hybridized carbons (Fsp3) is 0.176. The molecule has 0 N–H and O–H groups in total. The summed E-state index contributed by atoms with van der Waals surface area (Å²) in [6, 6.07) is 13.9. The number of hydrogen-bond donors (Lipinski definition) is 0. The molecule has 22 heavy (non-hydrogen) atoms. The van der Waals surface area contributed by atoms with E-state index in [1.165, 1.54) is 18.2 Å². The highest BCUT2D eigenvalue weighted by Crippen LogP contribution is 2.26. The van der Waals surface area contributed by atoms with Gasteiger partial charge in [-0.15, -0.1) is 6.42 Å². The van der Waals surface area contributed by atoms with Crippen LogP contribution in [-0.2, 0) is 6.61 Å². The first kappa shape index (κ1) is 15.8. The van der Waals surface area contributed by atoms with Crippen LogP contribution in [0.2, 0.25) is 0 Å². The number of ether oxygens (including phenoxy) is 2. The molecule has 114 valence electrons. The Morgan fingerprint density at radius 1 is 1.00 bits per heavy atom. The Labute approximate surface area is 126 Å². The summed E-state index contributed by atoms with van der Waals surface area (Å²) >= 11 is 0. The van der Waals surface area contributed by atoms with Crippen molar-refractivity contribution in [2.24, 2.45) is 0 Å². The van der Waals surface area contributed by atoms with Gasteiger partial charge in [-0.2, -0.15) is 13.2 Å². The van der Waals surface area contributed by atoms with Gasteiger partial charge in [-0.1, -0.05) is 36.3 Å². The Balaban J connectivity index is 2.04. The maximum Gasteiger partial charge on any atom is 0.422 e. The minimum Gasteiger partial charge on any atom is -0.489 e. The molecule has 0 fully saturated rings. The van der Waals surface area contributed by atoms with Gasteiger partial charge in [0.15, 0.2) is 6.61 Å². The molecular formula is C17H13F3O2. The van der Waals surface area contributed by atoms with Crippen LogP contribution in [0.3, 0.4) is 0 Å². The van der Waals surface area contributed by atoms with E-state index in [4.69, 9.17) is 11.2 Å². The Kier molecular flexibility index (Phi) is 4.95. The maximum absolute atomic E-state index is 12.2. The molecule has 0 amide bonds. The Morgan fingerprint density at radius 2 is 1.73 bits per heavy atom. The Morgan fingerprint density at radius 3 is 2.36 bits per heavy atom. The summed E-state index contributed by atoms with van der Waals surface area (Å²) in [4.78, 5) is 0. The second kappa shape index (κ2) is 6.90. The number of alkyl halides is 3. The average Bonchev–Trinajstić information content (AvgIpc) is 2.51. The second-order valence-corrected chi connectivity index (χ2v) is 4.48. The molecule has 0 heterocycles. The molecule has 0 saturated heterocycles. The van der Waals surface area contributed by atoms with E-state index in [-0.39, 0.29) is 11.3 Å². The van der Waals surface area contributed by atoms with E-state index in [9.17, 15) is 13.2 Å². The van der Waals surface area contributed by atoms with Gasteiger partial charge in [0.05, 0.1) is 5.56 Å². The number of halogens is 3. The van der Waals surface area contributed by atoms with E-state index in [0.717, 1.165) is 5.56 Å². The fourth-order valence-corrected chi connectivity index (χ4v) is 1.74. The van der Waals surface area contributed by atoms with E-state index in [2.05, 4.69) is 10.7 Å². The van der Waals surface area contributed by atoms with Crippen LogP contribution in [0.25, 0.3) is 0 Å².